The third kappa shape index (κ3) is 4.67. The Morgan fingerprint density at radius 2 is 1.74 bits per heavy atom. The van der Waals surface area contributed by atoms with E-state index in [2.05, 4.69) is 5.10 Å². The SMILES string of the molecule is O=C(OCC(=O)N1N=C(c2ccc3ccccc3c2)C[C@H]1c1ccccc1)c1ccc([N+](=O)[O-])s1. The highest BCUT2D eigenvalue weighted by Crippen LogP contribution is 2.33. The summed E-state index contributed by atoms with van der Waals surface area (Å²) < 4.78 is 5.17. The molecular formula is C26H19N3O5S. The molecule has 2 heterocycles. The van der Waals surface area contributed by atoms with Crippen LogP contribution in [-0.2, 0) is 9.53 Å². The number of hydrogen-bond donors (Lipinski definition) is 0. The largest absolute Gasteiger partial charge is 0.451 e. The predicted molar refractivity (Wildman–Crippen MR) is 132 cm³/mol. The fourth-order valence-electron chi connectivity index (χ4n) is 4.02. The molecule has 9 heteroatoms. The first kappa shape index (κ1) is 22.4. The quantitative estimate of drug-likeness (QED) is 0.208. The minimum absolute atomic E-state index is 0.0610. The second-order valence-electron chi connectivity index (χ2n) is 7.95. The highest BCUT2D eigenvalue weighted by molar-refractivity contribution is 7.17. The van der Waals surface area contributed by atoms with Gasteiger partial charge >= 0.3 is 11.0 Å². The number of nitro groups is 1. The van der Waals surface area contributed by atoms with Crippen molar-refractivity contribution < 1.29 is 19.2 Å². The van der Waals surface area contributed by atoms with Crippen LogP contribution in [0.25, 0.3) is 10.8 Å². The van der Waals surface area contributed by atoms with Crippen molar-refractivity contribution >= 4 is 44.7 Å². The lowest BCUT2D eigenvalue weighted by Gasteiger charge is -2.21. The predicted octanol–water partition coefficient (Wildman–Crippen LogP) is 5.34. The highest BCUT2D eigenvalue weighted by Gasteiger charge is 2.33. The number of hydrogen-bond acceptors (Lipinski definition) is 7. The number of hydrazone groups is 1. The van der Waals surface area contributed by atoms with Gasteiger partial charge in [0.15, 0.2) is 6.61 Å². The van der Waals surface area contributed by atoms with Gasteiger partial charge in [-0.3, -0.25) is 14.9 Å². The summed E-state index contributed by atoms with van der Waals surface area (Å²) >= 11 is 0.703. The molecule has 0 saturated carbocycles. The topological polar surface area (TPSA) is 102 Å². The zero-order chi connectivity index (χ0) is 24.4. The molecule has 0 unspecified atom stereocenters. The van der Waals surface area contributed by atoms with Gasteiger partial charge in [0.2, 0.25) is 0 Å². The minimum atomic E-state index is -0.786. The van der Waals surface area contributed by atoms with Crippen molar-refractivity contribution in [3.05, 3.63) is 111 Å². The maximum Gasteiger partial charge on any atom is 0.349 e. The summed E-state index contributed by atoms with van der Waals surface area (Å²) in [4.78, 5) is 35.8. The van der Waals surface area contributed by atoms with Gasteiger partial charge in [-0.1, -0.05) is 78.1 Å². The van der Waals surface area contributed by atoms with Crippen LogP contribution >= 0.6 is 11.3 Å². The number of rotatable bonds is 6. The van der Waals surface area contributed by atoms with Crippen LogP contribution in [0.15, 0.2) is 90.0 Å². The van der Waals surface area contributed by atoms with Gasteiger partial charge in [-0.15, -0.1) is 0 Å². The maximum absolute atomic E-state index is 13.1. The number of esters is 1. The second-order valence-corrected chi connectivity index (χ2v) is 9.01. The van der Waals surface area contributed by atoms with Crippen LogP contribution < -0.4 is 0 Å². The number of carbonyl (C=O) groups is 2. The van der Waals surface area contributed by atoms with Crippen molar-refractivity contribution in [3.63, 3.8) is 0 Å². The summed E-state index contributed by atoms with van der Waals surface area (Å²) in [5.41, 5.74) is 2.60. The number of nitrogens with zero attached hydrogens (tertiary/aromatic N) is 3. The summed E-state index contributed by atoms with van der Waals surface area (Å²) in [5.74, 6) is -1.26. The monoisotopic (exact) mass is 485 g/mol. The molecule has 174 valence electrons. The Balaban J connectivity index is 1.38. The molecule has 3 aromatic carbocycles. The van der Waals surface area contributed by atoms with Crippen LogP contribution in [0.5, 0.6) is 0 Å². The number of ether oxygens (including phenoxy) is 1. The van der Waals surface area contributed by atoms with E-state index in [1.807, 2.05) is 72.8 Å². The molecule has 1 aromatic heterocycles. The molecular weight excluding hydrogens is 466 g/mol. The van der Waals surface area contributed by atoms with Crippen LogP contribution in [0.4, 0.5) is 5.00 Å². The third-order valence-corrected chi connectivity index (χ3v) is 6.75. The van der Waals surface area contributed by atoms with E-state index in [4.69, 9.17) is 4.74 Å². The molecule has 0 fully saturated rings. The zero-order valence-corrected chi connectivity index (χ0v) is 19.2. The van der Waals surface area contributed by atoms with Crippen LogP contribution in [0.2, 0.25) is 0 Å². The normalized spacial score (nSPS) is 15.1. The summed E-state index contributed by atoms with van der Waals surface area (Å²) in [7, 11) is 0. The first-order valence-corrected chi connectivity index (χ1v) is 11.7. The van der Waals surface area contributed by atoms with Gasteiger partial charge < -0.3 is 4.74 Å². The lowest BCUT2D eigenvalue weighted by molar-refractivity contribution is -0.380. The third-order valence-electron chi connectivity index (χ3n) is 5.73. The van der Waals surface area contributed by atoms with Gasteiger partial charge in [0.1, 0.15) is 4.88 Å². The van der Waals surface area contributed by atoms with Crippen molar-refractivity contribution in [3.8, 4) is 0 Å². The molecule has 1 amide bonds. The van der Waals surface area contributed by atoms with E-state index in [1.54, 1.807) is 0 Å². The summed E-state index contributed by atoms with van der Waals surface area (Å²) in [5, 5.41) is 18.9. The van der Waals surface area contributed by atoms with Gasteiger partial charge in [0.05, 0.1) is 16.7 Å². The Hall–Kier alpha value is -4.37. The zero-order valence-electron chi connectivity index (χ0n) is 18.4. The lowest BCUT2D eigenvalue weighted by atomic mass is 9.97. The molecule has 0 aliphatic carbocycles. The van der Waals surface area contributed by atoms with Crippen LogP contribution in [0, 0.1) is 10.1 Å². The Bertz CT molecular complexity index is 1460. The van der Waals surface area contributed by atoms with Crippen molar-refractivity contribution in [1.29, 1.82) is 0 Å². The van der Waals surface area contributed by atoms with E-state index >= 15 is 0 Å². The fourth-order valence-corrected chi connectivity index (χ4v) is 4.73. The molecule has 0 N–H and O–H groups in total. The van der Waals surface area contributed by atoms with Crippen molar-refractivity contribution in [1.82, 2.24) is 5.01 Å². The molecule has 1 aliphatic heterocycles. The van der Waals surface area contributed by atoms with Crippen LogP contribution in [0.3, 0.4) is 0 Å². The first-order valence-electron chi connectivity index (χ1n) is 10.8. The van der Waals surface area contributed by atoms with Gasteiger partial charge in [0, 0.05) is 12.5 Å². The van der Waals surface area contributed by atoms with E-state index < -0.39 is 23.4 Å². The van der Waals surface area contributed by atoms with E-state index in [0.29, 0.717) is 17.8 Å². The van der Waals surface area contributed by atoms with Crippen molar-refractivity contribution in [2.24, 2.45) is 5.10 Å². The second kappa shape index (κ2) is 9.47. The number of amides is 1. The van der Waals surface area contributed by atoms with Gasteiger partial charge in [0.25, 0.3) is 5.91 Å². The van der Waals surface area contributed by atoms with Gasteiger partial charge in [-0.2, -0.15) is 5.10 Å². The fraction of sp³-hybridized carbons (Fsp3) is 0.115. The molecule has 8 nitrogen and oxygen atoms in total. The maximum atomic E-state index is 13.1. The van der Waals surface area contributed by atoms with Crippen molar-refractivity contribution in [2.75, 3.05) is 6.61 Å². The average molecular weight is 486 g/mol. The van der Waals surface area contributed by atoms with Crippen LogP contribution in [-0.4, -0.2) is 34.1 Å². The highest BCUT2D eigenvalue weighted by atomic mass is 32.1. The van der Waals surface area contributed by atoms with E-state index in [1.165, 1.54) is 17.1 Å². The molecule has 1 atom stereocenters. The Morgan fingerprint density at radius 3 is 2.49 bits per heavy atom. The average Bonchev–Trinajstić information content (AvgIpc) is 3.56. The molecule has 0 saturated heterocycles. The number of benzene rings is 3. The standard InChI is InChI=1S/C26H19N3O5S/c30-24(16-34-26(31)23-12-13-25(35-23)29(32)33)28-22(18-7-2-1-3-8-18)15-21(27-28)20-11-10-17-6-4-5-9-19(17)14-20/h1-14,22H,15-16H2/t22-/m0/s1. The van der Waals surface area contributed by atoms with Gasteiger partial charge in [-0.25, -0.2) is 9.80 Å². The van der Waals surface area contributed by atoms with E-state index in [-0.39, 0.29) is 15.9 Å². The Morgan fingerprint density at radius 1 is 1.00 bits per heavy atom. The first-order chi connectivity index (χ1) is 17.0. The molecule has 0 radical (unpaired) electrons. The summed E-state index contributed by atoms with van der Waals surface area (Å²) in [6, 6.07) is 25.8. The number of fused-ring (bicyclic) bond motifs is 1. The number of carbonyl (C=O) groups excluding carboxylic acids is 2. The van der Waals surface area contributed by atoms with E-state index in [9.17, 15) is 19.7 Å². The molecule has 0 bridgehead atoms. The van der Waals surface area contributed by atoms with Gasteiger partial charge in [-0.05, 0) is 34.0 Å². The molecule has 5 rings (SSSR count). The van der Waals surface area contributed by atoms with E-state index in [0.717, 1.165) is 27.6 Å². The summed E-state index contributed by atoms with van der Waals surface area (Å²) in [6.45, 7) is -0.525. The van der Waals surface area contributed by atoms with Crippen molar-refractivity contribution in [2.45, 2.75) is 12.5 Å². The molecule has 1 aliphatic rings. The molecule has 0 spiro atoms. The lowest BCUT2D eigenvalue weighted by Crippen LogP contribution is -2.31. The molecule has 35 heavy (non-hydrogen) atoms. The Kier molecular flexibility index (Phi) is 6.07. The molecule has 4 aromatic rings. The minimum Gasteiger partial charge on any atom is -0.451 e. The smallest absolute Gasteiger partial charge is 0.349 e. The number of thiophene rings is 1. The Labute approximate surface area is 204 Å². The van der Waals surface area contributed by atoms with Crippen LogP contribution in [0.1, 0.15) is 33.3 Å². The summed E-state index contributed by atoms with van der Waals surface area (Å²) in [6.07, 6.45) is 0.513.